The number of carbonyl (C=O) groups is 2. The largest absolute Gasteiger partial charge is 0.466 e. The van der Waals surface area contributed by atoms with Crippen LogP contribution in [0.1, 0.15) is 92.9 Å². The highest BCUT2D eigenvalue weighted by Gasteiger charge is 2.17. The number of nitrogens with zero attached hydrogens (tertiary/aromatic N) is 1. The standard InChI is InChI=1S/C23H47N3O3/c1-7-8-9-11-20(6)13-14-22(27)29-17-10-12-21(23(24)28)25-15-16-26(18(2)3)19(4)5/h18-21,25H,7-17H2,1-6H3,(H2,24,28). The van der Waals surface area contributed by atoms with Gasteiger partial charge in [-0.25, -0.2) is 0 Å². The van der Waals surface area contributed by atoms with E-state index in [1.54, 1.807) is 0 Å². The van der Waals surface area contributed by atoms with Crippen LogP contribution in [0.25, 0.3) is 0 Å². The lowest BCUT2D eigenvalue weighted by atomic mass is 9.98. The van der Waals surface area contributed by atoms with Crippen molar-refractivity contribution in [3.05, 3.63) is 0 Å². The van der Waals surface area contributed by atoms with Crippen molar-refractivity contribution in [1.29, 1.82) is 0 Å². The van der Waals surface area contributed by atoms with Gasteiger partial charge in [0, 0.05) is 31.6 Å². The number of primary amides is 1. The second-order valence-corrected chi connectivity index (χ2v) is 8.84. The number of esters is 1. The van der Waals surface area contributed by atoms with Crippen LogP contribution in [0.5, 0.6) is 0 Å². The van der Waals surface area contributed by atoms with Crippen LogP contribution in [0, 0.1) is 5.92 Å². The van der Waals surface area contributed by atoms with Crippen molar-refractivity contribution in [3.8, 4) is 0 Å². The average molecular weight is 414 g/mol. The number of nitrogens with two attached hydrogens (primary N) is 1. The Kier molecular flexibility index (Phi) is 16.0. The van der Waals surface area contributed by atoms with Crippen LogP contribution in [-0.2, 0) is 14.3 Å². The van der Waals surface area contributed by atoms with E-state index in [4.69, 9.17) is 10.5 Å². The van der Waals surface area contributed by atoms with E-state index in [-0.39, 0.29) is 17.9 Å². The second-order valence-electron chi connectivity index (χ2n) is 8.84. The molecule has 0 rings (SSSR count). The van der Waals surface area contributed by atoms with Crippen LogP contribution < -0.4 is 11.1 Å². The van der Waals surface area contributed by atoms with E-state index in [2.05, 4.69) is 51.8 Å². The molecular formula is C23H47N3O3. The fourth-order valence-electron chi connectivity index (χ4n) is 3.62. The van der Waals surface area contributed by atoms with E-state index < -0.39 is 0 Å². The lowest BCUT2D eigenvalue weighted by Crippen LogP contribution is -2.47. The topological polar surface area (TPSA) is 84.7 Å². The molecular weight excluding hydrogens is 366 g/mol. The smallest absolute Gasteiger partial charge is 0.305 e. The van der Waals surface area contributed by atoms with Crippen molar-refractivity contribution in [1.82, 2.24) is 10.2 Å². The summed E-state index contributed by atoms with van der Waals surface area (Å²) in [6.07, 6.45) is 7.48. The lowest BCUT2D eigenvalue weighted by Gasteiger charge is -2.31. The zero-order valence-corrected chi connectivity index (χ0v) is 19.8. The number of unbranched alkanes of at least 4 members (excludes halogenated alkanes) is 2. The number of rotatable bonds is 18. The lowest BCUT2D eigenvalue weighted by molar-refractivity contribution is -0.144. The Labute approximate surface area is 179 Å². The molecule has 0 saturated heterocycles. The first-order valence-corrected chi connectivity index (χ1v) is 11.6. The number of hydrogen-bond donors (Lipinski definition) is 2. The van der Waals surface area contributed by atoms with E-state index in [9.17, 15) is 9.59 Å². The van der Waals surface area contributed by atoms with Crippen molar-refractivity contribution < 1.29 is 14.3 Å². The van der Waals surface area contributed by atoms with Crippen LogP contribution in [0.4, 0.5) is 0 Å². The normalized spacial score (nSPS) is 13.8. The Morgan fingerprint density at radius 2 is 1.62 bits per heavy atom. The van der Waals surface area contributed by atoms with Crippen LogP contribution in [-0.4, -0.2) is 54.6 Å². The Bertz CT molecular complexity index is 433. The predicted octanol–water partition coefficient (Wildman–Crippen LogP) is 3.87. The maximum Gasteiger partial charge on any atom is 0.305 e. The van der Waals surface area contributed by atoms with Crippen molar-refractivity contribution in [2.24, 2.45) is 11.7 Å². The molecule has 2 unspecified atom stereocenters. The van der Waals surface area contributed by atoms with Gasteiger partial charge in [-0.15, -0.1) is 0 Å². The summed E-state index contributed by atoms with van der Waals surface area (Å²) in [5.41, 5.74) is 5.52. The van der Waals surface area contributed by atoms with Gasteiger partial charge in [0.15, 0.2) is 0 Å². The molecule has 2 atom stereocenters. The van der Waals surface area contributed by atoms with Crippen LogP contribution in [0.15, 0.2) is 0 Å². The third-order valence-electron chi connectivity index (χ3n) is 5.47. The minimum absolute atomic E-state index is 0.138. The van der Waals surface area contributed by atoms with Crippen molar-refractivity contribution >= 4 is 11.9 Å². The summed E-state index contributed by atoms with van der Waals surface area (Å²) in [5, 5.41) is 3.26. The Morgan fingerprint density at radius 3 is 2.17 bits per heavy atom. The molecule has 0 aromatic rings. The fraction of sp³-hybridized carbons (Fsp3) is 0.913. The van der Waals surface area contributed by atoms with Crippen LogP contribution in [0.3, 0.4) is 0 Å². The third kappa shape index (κ3) is 14.5. The predicted molar refractivity (Wildman–Crippen MR) is 121 cm³/mol. The van der Waals surface area contributed by atoms with E-state index in [0.29, 0.717) is 50.4 Å². The van der Waals surface area contributed by atoms with Crippen molar-refractivity contribution in [2.75, 3.05) is 19.7 Å². The number of nitrogens with one attached hydrogen (secondary N) is 1. The molecule has 0 aliphatic carbocycles. The van der Waals surface area contributed by atoms with Crippen LogP contribution >= 0.6 is 0 Å². The van der Waals surface area contributed by atoms with Gasteiger partial charge >= 0.3 is 5.97 Å². The van der Waals surface area contributed by atoms with E-state index in [1.165, 1.54) is 25.7 Å². The first kappa shape index (κ1) is 27.9. The van der Waals surface area contributed by atoms with Gasteiger partial charge in [0.1, 0.15) is 0 Å². The minimum Gasteiger partial charge on any atom is -0.466 e. The van der Waals surface area contributed by atoms with Crippen LogP contribution in [0.2, 0.25) is 0 Å². The van der Waals surface area contributed by atoms with E-state index in [0.717, 1.165) is 13.0 Å². The quantitative estimate of drug-likeness (QED) is 0.263. The molecule has 0 radical (unpaired) electrons. The van der Waals surface area contributed by atoms with Gasteiger partial charge in [-0.1, -0.05) is 39.5 Å². The first-order valence-electron chi connectivity index (χ1n) is 11.6. The Balaban J connectivity index is 4.02. The highest BCUT2D eigenvalue weighted by Crippen LogP contribution is 2.15. The fourth-order valence-corrected chi connectivity index (χ4v) is 3.62. The molecule has 3 N–H and O–H groups in total. The molecule has 172 valence electrons. The molecule has 0 bridgehead atoms. The molecule has 6 heteroatoms. The summed E-state index contributed by atoms with van der Waals surface area (Å²) in [4.78, 5) is 26.0. The summed E-state index contributed by atoms with van der Waals surface area (Å²) in [6, 6.07) is 0.531. The molecule has 0 heterocycles. The van der Waals surface area contributed by atoms with Gasteiger partial charge in [0.2, 0.25) is 5.91 Å². The number of hydrogen-bond acceptors (Lipinski definition) is 5. The van der Waals surface area contributed by atoms with Gasteiger partial charge in [-0.05, 0) is 52.9 Å². The molecule has 1 amide bonds. The zero-order valence-electron chi connectivity index (χ0n) is 19.8. The maximum absolute atomic E-state index is 11.9. The maximum atomic E-state index is 11.9. The number of carbonyl (C=O) groups excluding carboxylic acids is 2. The third-order valence-corrected chi connectivity index (χ3v) is 5.47. The second kappa shape index (κ2) is 16.6. The number of amides is 1. The Hall–Kier alpha value is -1.14. The van der Waals surface area contributed by atoms with Gasteiger partial charge in [-0.3, -0.25) is 14.5 Å². The molecule has 0 aromatic carbocycles. The van der Waals surface area contributed by atoms with Gasteiger partial charge in [0.25, 0.3) is 0 Å². The summed E-state index contributed by atoms with van der Waals surface area (Å²) in [7, 11) is 0. The van der Waals surface area contributed by atoms with Gasteiger partial charge < -0.3 is 15.8 Å². The Morgan fingerprint density at radius 1 is 0.966 bits per heavy atom. The number of ether oxygens (including phenoxy) is 1. The summed E-state index contributed by atoms with van der Waals surface area (Å²) in [5.74, 6) is 0.0760. The molecule has 0 saturated carbocycles. The molecule has 6 nitrogen and oxygen atoms in total. The van der Waals surface area contributed by atoms with E-state index >= 15 is 0 Å². The van der Waals surface area contributed by atoms with Crippen molar-refractivity contribution in [3.63, 3.8) is 0 Å². The average Bonchev–Trinajstić information content (AvgIpc) is 2.64. The molecule has 0 aliphatic heterocycles. The summed E-state index contributed by atoms with van der Waals surface area (Å²) >= 11 is 0. The molecule has 0 aliphatic rings. The first-order chi connectivity index (χ1) is 13.7. The van der Waals surface area contributed by atoms with E-state index in [1.807, 2.05) is 0 Å². The van der Waals surface area contributed by atoms with Gasteiger partial charge in [-0.2, -0.15) is 0 Å². The monoisotopic (exact) mass is 413 g/mol. The SMILES string of the molecule is CCCCCC(C)CCC(=O)OCCCC(NCCN(C(C)C)C(C)C)C(N)=O. The molecule has 29 heavy (non-hydrogen) atoms. The highest BCUT2D eigenvalue weighted by atomic mass is 16.5. The van der Waals surface area contributed by atoms with Crippen molar-refractivity contribution in [2.45, 2.75) is 111 Å². The summed E-state index contributed by atoms with van der Waals surface area (Å²) in [6.45, 7) is 15.0. The molecule has 0 spiro atoms. The van der Waals surface area contributed by atoms with Gasteiger partial charge in [0.05, 0.1) is 12.6 Å². The highest BCUT2D eigenvalue weighted by molar-refractivity contribution is 5.79. The minimum atomic E-state index is -0.381. The zero-order chi connectivity index (χ0) is 22.2. The molecule has 0 aromatic heterocycles. The molecule has 0 fully saturated rings. The summed E-state index contributed by atoms with van der Waals surface area (Å²) < 4.78 is 5.33.